The van der Waals surface area contributed by atoms with Crippen molar-refractivity contribution in [1.29, 1.82) is 0 Å². The van der Waals surface area contributed by atoms with Crippen LogP contribution in [0.3, 0.4) is 0 Å². The van der Waals surface area contributed by atoms with Gasteiger partial charge in [0.15, 0.2) is 11.5 Å². The summed E-state index contributed by atoms with van der Waals surface area (Å²) in [5.41, 5.74) is 0. The predicted molar refractivity (Wildman–Crippen MR) is 97.3 cm³/mol. The number of hydrogen-bond donors (Lipinski definition) is 1. The van der Waals surface area contributed by atoms with Crippen molar-refractivity contribution < 1.29 is 22.6 Å². The van der Waals surface area contributed by atoms with Crippen molar-refractivity contribution in [2.45, 2.75) is 11.0 Å². The molecular weight excluding hydrogens is 445 g/mol. The quantitative estimate of drug-likeness (QED) is 0.693. The van der Waals surface area contributed by atoms with Crippen LogP contribution in [-0.2, 0) is 10.0 Å². The van der Waals surface area contributed by atoms with Crippen molar-refractivity contribution >= 4 is 32.6 Å². The fourth-order valence-corrected chi connectivity index (χ4v) is 4.30. The SMILES string of the molecule is COc1ccc(S(=O)(=O)NCC2COc3ccccc3O2)cc1I. The minimum absolute atomic E-state index is 0.124. The highest BCUT2D eigenvalue weighted by Crippen LogP contribution is 2.30. The Morgan fingerprint density at radius 1 is 1.25 bits per heavy atom. The Morgan fingerprint density at radius 3 is 2.71 bits per heavy atom. The molecular formula is C16H16INO5S. The van der Waals surface area contributed by atoms with E-state index in [1.807, 2.05) is 40.8 Å². The predicted octanol–water partition coefficient (Wildman–Crippen LogP) is 2.42. The highest BCUT2D eigenvalue weighted by atomic mass is 127. The van der Waals surface area contributed by atoms with E-state index in [1.54, 1.807) is 25.3 Å². The number of hydrogen-bond acceptors (Lipinski definition) is 5. The number of halogens is 1. The lowest BCUT2D eigenvalue weighted by atomic mass is 10.2. The van der Waals surface area contributed by atoms with E-state index in [-0.39, 0.29) is 17.5 Å². The van der Waals surface area contributed by atoms with Crippen LogP contribution in [0.25, 0.3) is 0 Å². The van der Waals surface area contributed by atoms with Crippen LogP contribution in [-0.4, -0.2) is 34.8 Å². The maximum Gasteiger partial charge on any atom is 0.240 e. The van der Waals surface area contributed by atoms with Crippen LogP contribution >= 0.6 is 22.6 Å². The van der Waals surface area contributed by atoms with Gasteiger partial charge in [0.05, 0.1) is 22.1 Å². The van der Waals surface area contributed by atoms with Gasteiger partial charge in [0.2, 0.25) is 10.0 Å². The molecule has 1 N–H and O–H groups in total. The second-order valence-corrected chi connectivity index (χ2v) is 8.07. The van der Waals surface area contributed by atoms with E-state index in [0.29, 0.717) is 23.9 Å². The van der Waals surface area contributed by atoms with Gasteiger partial charge in [0.1, 0.15) is 18.5 Å². The van der Waals surface area contributed by atoms with Gasteiger partial charge in [0.25, 0.3) is 0 Å². The Kier molecular flexibility index (Phi) is 5.16. The molecule has 0 spiro atoms. The molecule has 128 valence electrons. The monoisotopic (exact) mass is 461 g/mol. The third-order valence-electron chi connectivity index (χ3n) is 3.50. The summed E-state index contributed by atoms with van der Waals surface area (Å²) >= 11 is 2.04. The summed E-state index contributed by atoms with van der Waals surface area (Å²) in [5.74, 6) is 1.92. The second-order valence-electron chi connectivity index (χ2n) is 5.15. The summed E-state index contributed by atoms with van der Waals surface area (Å²) in [6.45, 7) is 0.416. The number of sulfonamides is 1. The lowest BCUT2D eigenvalue weighted by Crippen LogP contribution is -2.40. The summed E-state index contributed by atoms with van der Waals surface area (Å²) in [6, 6.07) is 12.0. The van der Waals surface area contributed by atoms with Crippen molar-refractivity contribution in [2.24, 2.45) is 0 Å². The van der Waals surface area contributed by atoms with Crippen molar-refractivity contribution in [1.82, 2.24) is 4.72 Å². The van der Waals surface area contributed by atoms with Crippen LogP contribution in [0.2, 0.25) is 0 Å². The largest absolute Gasteiger partial charge is 0.496 e. The molecule has 8 heteroatoms. The number of methoxy groups -OCH3 is 1. The molecule has 0 amide bonds. The molecule has 3 rings (SSSR count). The van der Waals surface area contributed by atoms with Crippen LogP contribution in [0.15, 0.2) is 47.4 Å². The first-order valence-corrected chi connectivity index (χ1v) is 9.77. The van der Waals surface area contributed by atoms with Gasteiger partial charge < -0.3 is 14.2 Å². The van der Waals surface area contributed by atoms with Crippen LogP contribution in [0.4, 0.5) is 0 Å². The molecule has 0 saturated carbocycles. The minimum atomic E-state index is -3.63. The molecule has 0 aromatic heterocycles. The average Bonchev–Trinajstić information content (AvgIpc) is 2.60. The van der Waals surface area contributed by atoms with Gasteiger partial charge >= 0.3 is 0 Å². The number of ether oxygens (including phenoxy) is 3. The van der Waals surface area contributed by atoms with E-state index < -0.39 is 10.0 Å². The third-order valence-corrected chi connectivity index (χ3v) is 5.77. The second kappa shape index (κ2) is 7.16. The summed E-state index contributed by atoms with van der Waals surface area (Å²) in [6.07, 6.45) is -0.382. The van der Waals surface area contributed by atoms with Gasteiger partial charge in [0, 0.05) is 0 Å². The Balaban J connectivity index is 1.67. The van der Waals surface area contributed by atoms with Crippen molar-refractivity contribution in [3.05, 3.63) is 46.0 Å². The van der Waals surface area contributed by atoms with Crippen LogP contribution in [0.5, 0.6) is 17.2 Å². The van der Waals surface area contributed by atoms with Gasteiger partial charge in [-0.05, 0) is 52.9 Å². The van der Waals surface area contributed by atoms with E-state index in [4.69, 9.17) is 14.2 Å². The van der Waals surface area contributed by atoms with Gasteiger partial charge in [-0.3, -0.25) is 0 Å². The number of benzene rings is 2. The molecule has 6 nitrogen and oxygen atoms in total. The van der Waals surface area contributed by atoms with E-state index >= 15 is 0 Å². The molecule has 0 saturated heterocycles. The first kappa shape index (κ1) is 17.3. The zero-order chi connectivity index (χ0) is 17.2. The van der Waals surface area contributed by atoms with Gasteiger partial charge in [-0.2, -0.15) is 0 Å². The molecule has 2 aromatic carbocycles. The Hall–Kier alpha value is -1.52. The topological polar surface area (TPSA) is 73.9 Å². The third kappa shape index (κ3) is 3.76. The van der Waals surface area contributed by atoms with Crippen LogP contribution < -0.4 is 18.9 Å². The Bertz CT molecular complexity index is 840. The van der Waals surface area contributed by atoms with Crippen molar-refractivity contribution in [3.8, 4) is 17.2 Å². The summed E-state index contributed by atoms with van der Waals surface area (Å²) in [5, 5.41) is 0. The molecule has 0 bridgehead atoms. The van der Waals surface area contributed by atoms with Gasteiger partial charge in [-0.25, -0.2) is 13.1 Å². The summed E-state index contributed by atoms with van der Waals surface area (Å²) in [7, 11) is -2.09. The number of rotatable bonds is 5. The lowest BCUT2D eigenvalue weighted by Gasteiger charge is -2.26. The fraction of sp³-hybridized carbons (Fsp3) is 0.250. The lowest BCUT2D eigenvalue weighted by molar-refractivity contribution is 0.0943. The number of para-hydroxylation sites is 2. The summed E-state index contributed by atoms with van der Waals surface area (Å²) < 4.78 is 44.6. The first-order chi connectivity index (χ1) is 11.5. The normalized spacial score (nSPS) is 16.7. The molecule has 0 radical (unpaired) electrons. The molecule has 1 unspecified atom stereocenters. The standard InChI is InChI=1S/C16H16INO5S/c1-21-14-7-6-12(8-13(14)17)24(19,20)18-9-11-10-22-15-4-2-3-5-16(15)23-11/h2-8,11,18H,9-10H2,1H3. The number of nitrogens with one attached hydrogen (secondary N) is 1. The Labute approximate surface area is 154 Å². The Morgan fingerprint density at radius 2 is 2.00 bits per heavy atom. The highest BCUT2D eigenvalue weighted by molar-refractivity contribution is 14.1. The van der Waals surface area contributed by atoms with Crippen molar-refractivity contribution in [2.75, 3.05) is 20.3 Å². The zero-order valence-corrected chi connectivity index (χ0v) is 15.8. The fourth-order valence-electron chi connectivity index (χ4n) is 2.26. The van der Waals surface area contributed by atoms with Crippen LogP contribution in [0.1, 0.15) is 0 Å². The molecule has 1 aliphatic heterocycles. The first-order valence-electron chi connectivity index (χ1n) is 7.21. The van der Waals surface area contributed by atoms with Gasteiger partial charge in [-0.1, -0.05) is 12.1 Å². The molecule has 24 heavy (non-hydrogen) atoms. The van der Waals surface area contributed by atoms with E-state index in [2.05, 4.69) is 4.72 Å². The van der Waals surface area contributed by atoms with E-state index in [1.165, 1.54) is 6.07 Å². The summed E-state index contributed by atoms with van der Waals surface area (Å²) in [4.78, 5) is 0.185. The molecule has 2 aromatic rings. The highest BCUT2D eigenvalue weighted by Gasteiger charge is 2.23. The molecule has 0 aliphatic carbocycles. The zero-order valence-electron chi connectivity index (χ0n) is 12.9. The molecule has 1 heterocycles. The smallest absolute Gasteiger partial charge is 0.240 e. The van der Waals surface area contributed by atoms with E-state index in [9.17, 15) is 8.42 Å². The van der Waals surface area contributed by atoms with E-state index in [0.717, 1.165) is 3.57 Å². The minimum Gasteiger partial charge on any atom is -0.496 e. The van der Waals surface area contributed by atoms with Gasteiger partial charge in [-0.15, -0.1) is 0 Å². The molecule has 0 fully saturated rings. The molecule has 1 atom stereocenters. The van der Waals surface area contributed by atoms with Crippen molar-refractivity contribution in [3.63, 3.8) is 0 Å². The average molecular weight is 461 g/mol. The maximum atomic E-state index is 12.4. The number of fused-ring (bicyclic) bond motifs is 1. The van der Waals surface area contributed by atoms with Crippen LogP contribution in [0, 0.1) is 3.57 Å². The maximum absolute atomic E-state index is 12.4. The molecule has 1 aliphatic rings.